The summed E-state index contributed by atoms with van der Waals surface area (Å²) in [5.74, 6) is 0.328. The first kappa shape index (κ1) is 25.8. The van der Waals surface area contributed by atoms with Crippen LogP contribution in [0.15, 0.2) is 84.7 Å². The van der Waals surface area contributed by atoms with Crippen molar-refractivity contribution in [3.63, 3.8) is 0 Å². The molecule has 0 spiro atoms. The van der Waals surface area contributed by atoms with Gasteiger partial charge in [-0.2, -0.15) is 0 Å². The monoisotopic (exact) mass is 450 g/mol. The minimum absolute atomic E-state index is 0.0455. The first-order valence-corrected chi connectivity index (χ1v) is 13.2. The van der Waals surface area contributed by atoms with E-state index < -0.39 is 13.7 Å². The van der Waals surface area contributed by atoms with E-state index in [4.69, 9.17) is 9.16 Å². The summed E-state index contributed by atoms with van der Waals surface area (Å²) in [7, 11) is -2.52. The summed E-state index contributed by atoms with van der Waals surface area (Å²) in [6.07, 6.45) is 6.42. The number of allylic oxidation sites excluding steroid dienone is 2. The lowest BCUT2D eigenvalue weighted by Crippen LogP contribution is -2.66. The van der Waals surface area contributed by atoms with Crippen molar-refractivity contribution in [2.24, 2.45) is 5.41 Å². The summed E-state index contributed by atoms with van der Waals surface area (Å²) in [5.41, 5.74) is -0.533. The van der Waals surface area contributed by atoms with Crippen LogP contribution in [0.3, 0.4) is 0 Å². The average Bonchev–Trinajstić information content (AvgIpc) is 2.75. The molecule has 2 aromatic carbocycles. The zero-order chi connectivity index (χ0) is 23.8. The summed E-state index contributed by atoms with van der Waals surface area (Å²) in [4.78, 5) is 12.2. The van der Waals surface area contributed by atoms with E-state index in [0.29, 0.717) is 12.4 Å². The Kier molecular flexibility index (Phi) is 8.82. The SMILES string of the molecule is C/C=C(/C=C/CCO[Si](c1ccccc1)(c1ccccc1)C(C)(C)C)OC(=O)C(C)(C)C. The average molecular weight is 451 g/mol. The van der Waals surface area contributed by atoms with Gasteiger partial charge in [0, 0.05) is 6.61 Å². The van der Waals surface area contributed by atoms with Crippen LogP contribution in [0.2, 0.25) is 5.04 Å². The standard InChI is InChI=1S/C28H38O3Si/c1-8-23(31-26(29)27(2,3)4)17-15-16-22-30-32(28(5,6)7,24-18-11-9-12-19-24)25-20-13-10-14-21-25/h8-15,17-21H,16,22H2,1-7H3/b17-15+,23-8-. The van der Waals surface area contributed by atoms with Crippen LogP contribution in [0.25, 0.3) is 0 Å². The molecule has 0 heterocycles. The Hall–Kier alpha value is -2.43. The van der Waals surface area contributed by atoms with Gasteiger partial charge in [-0.15, -0.1) is 0 Å². The van der Waals surface area contributed by atoms with Gasteiger partial charge in [-0.3, -0.25) is 4.79 Å². The van der Waals surface area contributed by atoms with Gasteiger partial charge in [0.1, 0.15) is 5.76 Å². The molecular weight excluding hydrogens is 412 g/mol. The van der Waals surface area contributed by atoms with Crippen molar-refractivity contribution in [3.8, 4) is 0 Å². The molecule has 0 unspecified atom stereocenters. The fraction of sp³-hybridized carbons (Fsp3) is 0.393. The fourth-order valence-corrected chi connectivity index (χ4v) is 8.27. The quantitative estimate of drug-likeness (QED) is 0.163. The van der Waals surface area contributed by atoms with Crippen LogP contribution < -0.4 is 10.4 Å². The predicted octanol–water partition coefficient (Wildman–Crippen LogP) is 6.00. The van der Waals surface area contributed by atoms with E-state index in [2.05, 4.69) is 81.4 Å². The van der Waals surface area contributed by atoms with Crippen LogP contribution in [-0.4, -0.2) is 20.9 Å². The normalized spacial score (nSPS) is 13.4. The smallest absolute Gasteiger partial charge is 0.316 e. The maximum Gasteiger partial charge on any atom is 0.316 e. The third-order valence-corrected chi connectivity index (χ3v) is 10.5. The minimum atomic E-state index is -2.52. The predicted molar refractivity (Wildman–Crippen MR) is 137 cm³/mol. The number of rotatable bonds is 8. The molecule has 0 saturated carbocycles. The molecule has 0 aromatic heterocycles. The molecule has 0 radical (unpaired) electrons. The number of esters is 1. The van der Waals surface area contributed by atoms with E-state index >= 15 is 0 Å². The second-order valence-electron chi connectivity index (χ2n) is 10.0. The Bertz CT molecular complexity index is 877. The molecule has 2 rings (SSSR count). The number of carbonyl (C=O) groups excluding carboxylic acids is 1. The van der Waals surface area contributed by atoms with Crippen LogP contribution in [0.5, 0.6) is 0 Å². The van der Waals surface area contributed by atoms with Gasteiger partial charge < -0.3 is 9.16 Å². The molecular formula is C28H38O3Si. The number of hydrogen-bond donors (Lipinski definition) is 0. The first-order chi connectivity index (χ1) is 15.0. The highest BCUT2D eigenvalue weighted by Gasteiger charge is 2.49. The molecule has 0 saturated heterocycles. The molecule has 0 aliphatic rings. The third-order valence-electron chi connectivity index (χ3n) is 5.41. The van der Waals surface area contributed by atoms with Crippen LogP contribution >= 0.6 is 0 Å². The maximum atomic E-state index is 12.2. The number of benzene rings is 2. The molecule has 0 atom stereocenters. The van der Waals surface area contributed by atoms with Crippen LogP contribution in [-0.2, 0) is 14.0 Å². The molecule has 172 valence electrons. The van der Waals surface area contributed by atoms with Gasteiger partial charge in [0.15, 0.2) is 0 Å². The Morgan fingerprint density at radius 3 is 1.78 bits per heavy atom. The minimum Gasteiger partial charge on any atom is -0.427 e. The molecule has 0 fully saturated rings. The van der Waals surface area contributed by atoms with Crippen LogP contribution in [0.1, 0.15) is 54.9 Å². The molecule has 0 bridgehead atoms. The number of carbonyl (C=O) groups is 1. The van der Waals surface area contributed by atoms with E-state index in [-0.39, 0.29) is 11.0 Å². The van der Waals surface area contributed by atoms with Crippen molar-refractivity contribution in [1.29, 1.82) is 0 Å². The van der Waals surface area contributed by atoms with Crippen LogP contribution in [0, 0.1) is 5.41 Å². The third kappa shape index (κ3) is 6.30. The molecule has 32 heavy (non-hydrogen) atoms. The highest BCUT2D eigenvalue weighted by molar-refractivity contribution is 6.99. The molecule has 3 nitrogen and oxygen atoms in total. The molecule has 0 N–H and O–H groups in total. The summed E-state index contributed by atoms with van der Waals surface area (Å²) in [6.45, 7) is 14.8. The molecule has 0 aliphatic heterocycles. The van der Waals surface area contributed by atoms with E-state index in [1.807, 2.05) is 45.9 Å². The van der Waals surface area contributed by atoms with Crippen molar-refractivity contribution >= 4 is 24.7 Å². The molecule has 0 amide bonds. The largest absolute Gasteiger partial charge is 0.427 e. The zero-order valence-corrected chi connectivity index (χ0v) is 21.6. The van der Waals surface area contributed by atoms with E-state index in [9.17, 15) is 4.79 Å². The number of hydrogen-bond acceptors (Lipinski definition) is 3. The lowest BCUT2D eigenvalue weighted by molar-refractivity contribution is -0.148. The van der Waals surface area contributed by atoms with Gasteiger partial charge in [0.05, 0.1) is 5.41 Å². The second-order valence-corrected chi connectivity index (χ2v) is 14.3. The van der Waals surface area contributed by atoms with Crippen molar-refractivity contribution in [1.82, 2.24) is 0 Å². The topological polar surface area (TPSA) is 35.5 Å². The Morgan fingerprint density at radius 1 is 0.875 bits per heavy atom. The van der Waals surface area contributed by atoms with Crippen molar-refractivity contribution < 1.29 is 14.0 Å². The molecule has 4 heteroatoms. The van der Waals surface area contributed by atoms with E-state index in [1.54, 1.807) is 0 Å². The lowest BCUT2D eigenvalue weighted by atomic mass is 9.97. The zero-order valence-electron chi connectivity index (χ0n) is 20.6. The van der Waals surface area contributed by atoms with Gasteiger partial charge in [-0.05, 0) is 61.7 Å². The van der Waals surface area contributed by atoms with Gasteiger partial charge in [0.2, 0.25) is 0 Å². The van der Waals surface area contributed by atoms with E-state index in [1.165, 1.54) is 10.4 Å². The van der Waals surface area contributed by atoms with Crippen molar-refractivity contribution in [2.45, 2.75) is 59.9 Å². The number of ether oxygens (including phenoxy) is 1. The first-order valence-electron chi connectivity index (χ1n) is 11.3. The summed E-state index contributed by atoms with van der Waals surface area (Å²) >= 11 is 0. The highest BCUT2D eigenvalue weighted by atomic mass is 28.4. The van der Waals surface area contributed by atoms with Gasteiger partial charge in [0.25, 0.3) is 8.32 Å². The van der Waals surface area contributed by atoms with Crippen LogP contribution in [0.4, 0.5) is 0 Å². The summed E-state index contributed by atoms with van der Waals surface area (Å²) in [6, 6.07) is 21.3. The maximum absolute atomic E-state index is 12.2. The lowest BCUT2D eigenvalue weighted by Gasteiger charge is -2.43. The Labute approximate surface area is 195 Å². The summed E-state index contributed by atoms with van der Waals surface area (Å²) < 4.78 is 12.4. The fourth-order valence-electron chi connectivity index (χ4n) is 3.69. The Balaban J connectivity index is 2.22. The highest BCUT2D eigenvalue weighted by Crippen LogP contribution is 2.36. The second kappa shape index (κ2) is 10.9. The van der Waals surface area contributed by atoms with Crippen molar-refractivity contribution in [2.75, 3.05) is 6.61 Å². The van der Waals surface area contributed by atoms with Gasteiger partial charge in [-0.25, -0.2) is 0 Å². The van der Waals surface area contributed by atoms with Gasteiger partial charge in [-0.1, -0.05) is 87.5 Å². The van der Waals surface area contributed by atoms with Gasteiger partial charge >= 0.3 is 5.97 Å². The Morgan fingerprint density at radius 2 is 1.38 bits per heavy atom. The molecule has 2 aromatic rings. The van der Waals surface area contributed by atoms with E-state index in [0.717, 1.165) is 6.42 Å². The van der Waals surface area contributed by atoms with Crippen molar-refractivity contribution in [3.05, 3.63) is 84.7 Å². The summed E-state index contributed by atoms with van der Waals surface area (Å²) in [5, 5.41) is 2.50. The molecule has 0 aliphatic carbocycles.